The van der Waals surface area contributed by atoms with E-state index in [0.29, 0.717) is 22.8 Å². The number of amides is 2. The summed E-state index contributed by atoms with van der Waals surface area (Å²) in [6.07, 6.45) is 6.33. The molecule has 4 nitrogen and oxygen atoms in total. The lowest BCUT2D eigenvalue weighted by molar-refractivity contribution is -0.139. The summed E-state index contributed by atoms with van der Waals surface area (Å²) in [7, 11) is 0. The van der Waals surface area contributed by atoms with Crippen LogP contribution in [0.3, 0.4) is 0 Å². The third kappa shape index (κ3) is 4.87. The summed E-state index contributed by atoms with van der Waals surface area (Å²) in [5.41, 5.74) is 2.46. The summed E-state index contributed by atoms with van der Waals surface area (Å²) in [5.74, 6) is 1.16. The molecule has 0 bridgehead atoms. The molecule has 2 aliphatic rings. The summed E-state index contributed by atoms with van der Waals surface area (Å²) in [5, 5.41) is 0. The number of rotatable bonds is 7. The van der Waals surface area contributed by atoms with Crippen LogP contribution in [0.25, 0.3) is 5.57 Å². The molecule has 0 radical (unpaired) electrons. The van der Waals surface area contributed by atoms with Crippen molar-refractivity contribution in [3.05, 3.63) is 70.6 Å². The van der Waals surface area contributed by atoms with Crippen LogP contribution in [0, 0.1) is 0 Å². The van der Waals surface area contributed by atoms with Crippen LogP contribution < -0.4 is 4.74 Å². The molecule has 0 aromatic heterocycles. The van der Waals surface area contributed by atoms with Gasteiger partial charge in [-0.05, 0) is 43.0 Å². The van der Waals surface area contributed by atoms with Gasteiger partial charge in [-0.2, -0.15) is 0 Å². The zero-order chi connectivity index (χ0) is 21.6. The molecule has 0 atom stereocenters. The number of nitrogens with zero attached hydrogens (tertiary/aromatic N) is 1. The summed E-state index contributed by atoms with van der Waals surface area (Å²) in [6, 6.07) is 17.6. The van der Waals surface area contributed by atoms with E-state index in [9.17, 15) is 9.59 Å². The fraction of sp³-hybridized carbons (Fsp3) is 0.385. The van der Waals surface area contributed by atoms with E-state index in [0.717, 1.165) is 42.6 Å². The van der Waals surface area contributed by atoms with Crippen LogP contribution in [0.4, 0.5) is 0 Å². The average Bonchev–Trinajstić information content (AvgIpc) is 2.96. The van der Waals surface area contributed by atoms with Crippen molar-refractivity contribution in [3.63, 3.8) is 0 Å². The van der Waals surface area contributed by atoms with Gasteiger partial charge in [-0.3, -0.25) is 14.5 Å². The predicted molar refractivity (Wildman–Crippen MR) is 126 cm³/mol. The lowest BCUT2D eigenvalue weighted by atomic mass is 10.0. The maximum absolute atomic E-state index is 13.6. The second kappa shape index (κ2) is 10.2. The van der Waals surface area contributed by atoms with E-state index in [1.165, 1.54) is 24.6 Å². The van der Waals surface area contributed by atoms with Gasteiger partial charge in [-0.1, -0.05) is 68.1 Å². The Hall–Kier alpha value is -2.53. The average molecular weight is 436 g/mol. The van der Waals surface area contributed by atoms with Gasteiger partial charge in [0.25, 0.3) is 11.8 Å². The minimum Gasteiger partial charge on any atom is -0.494 e. The largest absolute Gasteiger partial charge is 0.494 e. The highest BCUT2D eigenvalue weighted by molar-refractivity contribution is 8.03. The normalized spacial score (nSPS) is 17.9. The van der Waals surface area contributed by atoms with Gasteiger partial charge in [0, 0.05) is 11.8 Å². The molecule has 0 saturated heterocycles. The smallest absolute Gasteiger partial charge is 0.268 e. The second-order valence-electron chi connectivity index (χ2n) is 8.06. The Labute approximate surface area is 188 Å². The van der Waals surface area contributed by atoms with Crippen LogP contribution in [-0.4, -0.2) is 29.4 Å². The number of hydrogen-bond donors (Lipinski definition) is 0. The molecule has 1 aliphatic carbocycles. The zero-order valence-electron chi connectivity index (χ0n) is 18.0. The Morgan fingerprint density at radius 1 is 0.903 bits per heavy atom. The zero-order valence-corrected chi connectivity index (χ0v) is 18.8. The Balaban J connectivity index is 1.65. The number of carbonyl (C=O) groups excluding carboxylic acids is 2. The molecule has 1 fully saturated rings. The monoisotopic (exact) mass is 435 g/mol. The predicted octanol–water partition coefficient (Wildman–Crippen LogP) is 5.82. The van der Waals surface area contributed by atoms with E-state index in [2.05, 4.69) is 12.1 Å². The number of ether oxygens (including phenoxy) is 1. The Morgan fingerprint density at radius 3 is 2.23 bits per heavy atom. The van der Waals surface area contributed by atoms with Crippen LogP contribution in [-0.2, 0) is 15.3 Å². The molecule has 1 heterocycles. The lowest BCUT2D eigenvalue weighted by Gasteiger charge is -2.25. The van der Waals surface area contributed by atoms with Gasteiger partial charge in [0.05, 0.1) is 17.1 Å². The van der Waals surface area contributed by atoms with Gasteiger partial charge in [-0.25, -0.2) is 0 Å². The SMILES string of the molecule is CCOc1ccc(C2=C(SCc3ccccc3)C(=O)N(C3CCCCCC3)C2=O)cc1. The molecule has 0 spiro atoms. The highest BCUT2D eigenvalue weighted by atomic mass is 32.2. The first-order valence-corrected chi connectivity index (χ1v) is 12.2. The first kappa shape index (κ1) is 21.7. The molecule has 4 rings (SSSR count). The van der Waals surface area contributed by atoms with E-state index >= 15 is 0 Å². The topological polar surface area (TPSA) is 46.6 Å². The molecular weight excluding hydrogens is 406 g/mol. The summed E-state index contributed by atoms with van der Waals surface area (Å²) in [4.78, 5) is 29.2. The fourth-order valence-corrected chi connectivity index (χ4v) is 5.45. The van der Waals surface area contributed by atoms with Crippen molar-refractivity contribution in [2.75, 3.05) is 6.61 Å². The van der Waals surface area contributed by atoms with Crippen molar-refractivity contribution in [2.24, 2.45) is 0 Å². The van der Waals surface area contributed by atoms with Crippen LogP contribution in [0.15, 0.2) is 59.5 Å². The van der Waals surface area contributed by atoms with Crippen LogP contribution in [0.1, 0.15) is 56.6 Å². The van der Waals surface area contributed by atoms with Crippen molar-refractivity contribution in [3.8, 4) is 5.75 Å². The van der Waals surface area contributed by atoms with E-state index in [-0.39, 0.29) is 17.9 Å². The van der Waals surface area contributed by atoms with Crippen molar-refractivity contribution < 1.29 is 14.3 Å². The van der Waals surface area contributed by atoms with Crippen LogP contribution >= 0.6 is 11.8 Å². The highest BCUT2D eigenvalue weighted by Gasteiger charge is 2.42. The third-order valence-electron chi connectivity index (χ3n) is 5.94. The van der Waals surface area contributed by atoms with Crippen molar-refractivity contribution in [2.45, 2.75) is 57.2 Å². The van der Waals surface area contributed by atoms with Gasteiger partial charge in [0.1, 0.15) is 5.75 Å². The molecule has 0 unspecified atom stereocenters. The minimum atomic E-state index is -0.142. The summed E-state index contributed by atoms with van der Waals surface area (Å²) < 4.78 is 5.55. The van der Waals surface area contributed by atoms with Gasteiger partial charge < -0.3 is 4.74 Å². The van der Waals surface area contributed by atoms with Gasteiger partial charge in [-0.15, -0.1) is 11.8 Å². The van der Waals surface area contributed by atoms with E-state index in [1.807, 2.05) is 49.4 Å². The minimum absolute atomic E-state index is 0.00928. The van der Waals surface area contributed by atoms with Crippen LogP contribution in [0.2, 0.25) is 0 Å². The number of benzene rings is 2. The first-order chi connectivity index (χ1) is 15.2. The first-order valence-electron chi connectivity index (χ1n) is 11.2. The number of thioether (sulfide) groups is 1. The third-order valence-corrected chi connectivity index (χ3v) is 7.09. The maximum Gasteiger partial charge on any atom is 0.268 e. The van der Waals surface area contributed by atoms with Crippen molar-refractivity contribution in [1.82, 2.24) is 4.90 Å². The van der Waals surface area contributed by atoms with Crippen LogP contribution in [0.5, 0.6) is 5.75 Å². The van der Waals surface area contributed by atoms with Gasteiger partial charge in [0.2, 0.25) is 0 Å². The molecule has 31 heavy (non-hydrogen) atoms. The van der Waals surface area contributed by atoms with E-state index in [4.69, 9.17) is 4.74 Å². The summed E-state index contributed by atoms with van der Waals surface area (Å²) >= 11 is 1.48. The quantitative estimate of drug-likeness (QED) is 0.406. The van der Waals surface area contributed by atoms with E-state index < -0.39 is 0 Å². The molecule has 5 heteroatoms. The highest BCUT2D eigenvalue weighted by Crippen LogP contribution is 2.40. The molecule has 2 aromatic rings. The second-order valence-corrected chi connectivity index (χ2v) is 9.05. The lowest BCUT2D eigenvalue weighted by Crippen LogP contribution is -2.40. The van der Waals surface area contributed by atoms with Crippen molar-refractivity contribution in [1.29, 1.82) is 0 Å². The maximum atomic E-state index is 13.6. The summed E-state index contributed by atoms with van der Waals surface area (Å²) in [6.45, 7) is 2.53. The Kier molecular flexibility index (Phi) is 7.13. The fourth-order valence-electron chi connectivity index (χ4n) is 4.38. The molecule has 2 aromatic carbocycles. The molecular formula is C26H29NO3S. The number of carbonyl (C=O) groups is 2. The molecule has 2 amide bonds. The Morgan fingerprint density at radius 2 is 1.58 bits per heavy atom. The molecule has 162 valence electrons. The Bertz CT molecular complexity index is 944. The standard InChI is InChI=1S/C26H29NO3S/c1-2-30-22-16-14-20(15-17-22)23-24(31-18-19-10-6-5-7-11-19)26(29)27(25(23)28)21-12-8-3-4-9-13-21/h5-7,10-11,14-17,21H,2-4,8-9,12-13,18H2,1H3. The van der Waals surface area contributed by atoms with Crippen molar-refractivity contribution >= 4 is 29.1 Å². The molecule has 1 aliphatic heterocycles. The molecule has 1 saturated carbocycles. The number of imide groups is 1. The van der Waals surface area contributed by atoms with E-state index in [1.54, 1.807) is 4.90 Å². The molecule has 0 N–H and O–H groups in total. The van der Waals surface area contributed by atoms with Gasteiger partial charge in [0.15, 0.2) is 0 Å². The number of hydrogen-bond acceptors (Lipinski definition) is 4. The van der Waals surface area contributed by atoms with Gasteiger partial charge >= 0.3 is 0 Å².